The molecule has 0 saturated heterocycles. The van der Waals surface area contributed by atoms with E-state index in [1.807, 2.05) is 0 Å². The fraction of sp³-hybridized carbons (Fsp3) is 0.286. The molecule has 35 heavy (non-hydrogen) atoms. The summed E-state index contributed by atoms with van der Waals surface area (Å²) in [5, 5.41) is 11.0. The summed E-state index contributed by atoms with van der Waals surface area (Å²) in [4.78, 5) is 8.26. The molecule has 4 rings (SSSR count). The lowest BCUT2D eigenvalue weighted by Gasteiger charge is -2.21. The number of sulfonamides is 1. The topological polar surface area (TPSA) is 130 Å². The Morgan fingerprint density at radius 3 is 2.37 bits per heavy atom. The number of halogens is 2. The third-order valence-corrected chi connectivity index (χ3v) is 7.37. The van der Waals surface area contributed by atoms with Gasteiger partial charge < -0.3 is 4.74 Å². The zero-order valence-electron chi connectivity index (χ0n) is 19.2. The number of rotatable bonds is 8. The molecule has 0 aliphatic rings. The molecular weight excluding hydrogens is 482 g/mol. The third-order valence-electron chi connectivity index (χ3n) is 5.52. The van der Waals surface area contributed by atoms with Crippen molar-refractivity contribution >= 4 is 16.0 Å². The highest BCUT2D eigenvalue weighted by atomic mass is 32.2. The zero-order chi connectivity index (χ0) is 25.3. The molecule has 0 bridgehead atoms. The quantitative estimate of drug-likeness (QED) is 0.386. The normalized spacial score (nSPS) is 13.4. The van der Waals surface area contributed by atoms with Gasteiger partial charge in [-0.3, -0.25) is 19.0 Å². The molecule has 0 saturated carbocycles. The average molecular weight is 507 g/mol. The second-order valence-corrected chi connectivity index (χ2v) is 9.79. The van der Waals surface area contributed by atoms with Crippen molar-refractivity contribution in [1.29, 1.82) is 0 Å². The molecule has 0 spiro atoms. The predicted octanol–water partition coefficient (Wildman–Crippen LogP) is 2.92. The standard InChI is InChI=1S/C21H22F2N8O3S.H2/c1-12(17-10-25-18(34-4)11-24-17)13(2)35(32,33)29-21-27-26-20(16-8-9-30(3)28-16)31(21)19-14(22)6-5-7-15(19)23;/h5-13H,1-4H3,(H,27,29);1H/t12-,13-;/m0./s1. The van der Waals surface area contributed by atoms with Gasteiger partial charge in [-0.05, 0) is 25.1 Å². The summed E-state index contributed by atoms with van der Waals surface area (Å²) >= 11 is 0. The van der Waals surface area contributed by atoms with E-state index in [9.17, 15) is 17.2 Å². The van der Waals surface area contributed by atoms with Gasteiger partial charge in [0.15, 0.2) is 5.82 Å². The zero-order valence-corrected chi connectivity index (χ0v) is 20.0. The first-order valence-electron chi connectivity index (χ1n) is 10.4. The molecule has 2 atom stereocenters. The van der Waals surface area contributed by atoms with Crippen molar-refractivity contribution in [2.24, 2.45) is 7.05 Å². The number of nitrogens with one attached hydrogen (secondary N) is 1. The van der Waals surface area contributed by atoms with Crippen LogP contribution in [0.25, 0.3) is 17.2 Å². The highest BCUT2D eigenvalue weighted by Gasteiger charge is 2.32. The number of para-hydroxylation sites is 1. The van der Waals surface area contributed by atoms with Gasteiger partial charge >= 0.3 is 0 Å². The Kier molecular flexibility index (Phi) is 6.47. The molecule has 0 aliphatic carbocycles. The number of ether oxygens (including phenoxy) is 1. The van der Waals surface area contributed by atoms with Gasteiger partial charge in [0, 0.05) is 20.6 Å². The minimum absolute atomic E-state index is 0. The molecular formula is C21H24F2N8O3S. The first-order valence-corrected chi connectivity index (χ1v) is 11.9. The Hall–Kier alpha value is -3.94. The number of methoxy groups -OCH3 is 1. The van der Waals surface area contributed by atoms with Gasteiger partial charge in [0.25, 0.3) is 0 Å². The minimum atomic E-state index is -4.14. The van der Waals surface area contributed by atoms with Crippen molar-refractivity contribution in [3.8, 4) is 23.1 Å². The van der Waals surface area contributed by atoms with Crippen molar-refractivity contribution < 1.29 is 23.4 Å². The van der Waals surface area contributed by atoms with Crippen molar-refractivity contribution in [1.82, 2.24) is 34.5 Å². The predicted molar refractivity (Wildman–Crippen MR) is 125 cm³/mol. The Bertz CT molecular complexity index is 1440. The van der Waals surface area contributed by atoms with Crippen LogP contribution in [0.4, 0.5) is 14.7 Å². The number of hydrogen-bond acceptors (Lipinski definition) is 8. The Morgan fingerprint density at radius 1 is 1.09 bits per heavy atom. The number of anilines is 1. The summed E-state index contributed by atoms with van der Waals surface area (Å²) < 4.78 is 65.8. The SMILES string of the molecule is COc1cnc([C@@H](C)[C@H](C)S(=O)(=O)Nc2nnc(-c3ccn(C)n3)n2-c2c(F)cccc2F)cn1.[HH]. The number of hydrogen-bond donors (Lipinski definition) is 1. The molecule has 3 aromatic heterocycles. The van der Waals surface area contributed by atoms with Crippen LogP contribution in [0.5, 0.6) is 5.88 Å². The van der Waals surface area contributed by atoms with Crippen LogP contribution in [-0.2, 0) is 17.1 Å². The van der Waals surface area contributed by atoms with E-state index in [1.165, 1.54) is 37.2 Å². The molecule has 0 fully saturated rings. The fourth-order valence-corrected chi connectivity index (χ4v) is 4.61. The van der Waals surface area contributed by atoms with Gasteiger partial charge in [0.2, 0.25) is 21.9 Å². The van der Waals surface area contributed by atoms with Crippen molar-refractivity contribution in [3.63, 3.8) is 0 Å². The average Bonchev–Trinajstić information content (AvgIpc) is 3.44. The number of aromatic nitrogens is 7. The van der Waals surface area contributed by atoms with E-state index < -0.39 is 44.5 Å². The number of nitrogens with zero attached hydrogens (tertiary/aromatic N) is 7. The van der Waals surface area contributed by atoms with Crippen LogP contribution >= 0.6 is 0 Å². The van der Waals surface area contributed by atoms with E-state index in [4.69, 9.17) is 4.74 Å². The molecule has 3 heterocycles. The molecule has 186 valence electrons. The summed E-state index contributed by atoms with van der Waals surface area (Å²) in [5.41, 5.74) is 0.111. The summed E-state index contributed by atoms with van der Waals surface area (Å²) in [7, 11) is -1.04. The molecule has 11 nitrogen and oxygen atoms in total. The second-order valence-electron chi connectivity index (χ2n) is 7.75. The summed E-state index contributed by atoms with van der Waals surface area (Å²) in [5.74, 6) is -2.61. The first kappa shape index (κ1) is 24.2. The molecule has 1 N–H and O–H groups in total. The summed E-state index contributed by atoms with van der Waals surface area (Å²) in [6.45, 7) is 3.14. The Balaban J connectivity index is 0.00000361. The lowest BCUT2D eigenvalue weighted by Crippen LogP contribution is -2.31. The molecule has 0 radical (unpaired) electrons. The van der Waals surface area contributed by atoms with Crippen LogP contribution in [-0.4, -0.2) is 55.3 Å². The largest absolute Gasteiger partial charge is 0.480 e. The minimum Gasteiger partial charge on any atom is -0.480 e. The van der Waals surface area contributed by atoms with Crippen molar-refractivity contribution in [3.05, 3.63) is 60.2 Å². The maximum atomic E-state index is 14.8. The molecule has 0 aliphatic heterocycles. The van der Waals surface area contributed by atoms with Crippen LogP contribution in [0.3, 0.4) is 0 Å². The van der Waals surface area contributed by atoms with Crippen LogP contribution in [0, 0.1) is 11.6 Å². The molecule has 14 heteroatoms. The van der Waals surface area contributed by atoms with Crippen LogP contribution in [0.2, 0.25) is 0 Å². The summed E-state index contributed by atoms with van der Waals surface area (Å²) in [6.07, 6.45) is 4.41. The first-order chi connectivity index (χ1) is 16.6. The van der Waals surface area contributed by atoms with Gasteiger partial charge in [-0.1, -0.05) is 13.0 Å². The Labute approximate surface area is 201 Å². The van der Waals surface area contributed by atoms with Crippen molar-refractivity contribution in [2.75, 3.05) is 11.8 Å². The summed E-state index contributed by atoms with van der Waals surface area (Å²) in [6, 6.07) is 4.85. The number of aryl methyl sites for hydroxylation is 1. The maximum absolute atomic E-state index is 14.8. The lowest BCUT2D eigenvalue weighted by atomic mass is 10.1. The monoisotopic (exact) mass is 506 g/mol. The van der Waals surface area contributed by atoms with Crippen LogP contribution in [0.1, 0.15) is 26.9 Å². The van der Waals surface area contributed by atoms with E-state index in [0.717, 1.165) is 16.7 Å². The van der Waals surface area contributed by atoms with Crippen LogP contribution < -0.4 is 9.46 Å². The van der Waals surface area contributed by atoms with Crippen molar-refractivity contribution in [2.45, 2.75) is 25.0 Å². The van der Waals surface area contributed by atoms with E-state index in [2.05, 4.69) is 30.0 Å². The highest BCUT2D eigenvalue weighted by molar-refractivity contribution is 7.93. The smallest absolute Gasteiger partial charge is 0.243 e. The van der Waals surface area contributed by atoms with Gasteiger partial charge in [-0.2, -0.15) is 5.10 Å². The van der Waals surface area contributed by atoms with Gasteiger partial charge in [-0.25, -0.2) is 22.2 Å². The lowest BCUT2D eigenvalue weighted by molar-refractivity contribution is 0.394. The molecule has 1 aromatic carbocycles. The van der Waals surface area contributed by atoms with E-state index >= 15 is 0 Å². The fourth-order valence-electron chi connectivity index (χ4n) is 3.36. The Morgan fingerprint density at radius 2 is 1.80 bits per heavy atom. The van der Waals surface area contributed by atoms with Gasteiger partial charge in [0.1, 0.15) is 23.0 Å². The highest BCUT2D eigenvalue weighted by Crippen LogP contribution is 2.30. The number of benzene rings is 1. The van der Waals surface area contributed by atoms with E-state index in [-0.39, 0.29) is 18.8 Å². The second kappa shape index (κ2) is 9.37. The van der Waals surface area contributed by atoms with E-state index in [0.29, 0.717) is 5.69 Å². The molecule has 0 unspecified atom stereocenters. The molecule has 4 aromatic rings. The van der Waals surface area contributed by atoms with Crippen LogP contribution in [0.15, 0.2) is 42.9 Å². The van der Waals surface area contributed by atoms with Gasteiger partial charge in [-0.15, -0.1) is 10.2 Å². The van der Waals surface area contributed by atoms with E-state index in [1.54, 1.807) is 26.2 Å². The third kappa shape index (κ3) is 4.69. The van der Waals surface area contributed by atoms with Gasteiger partial charge in [0.05, 0.1) is 30.4 Å². The molecule has 0 amide bonds. The maximum Gasteiger partial charge on any atom is 0.243 e.